The third-order valence-electron chi connectivity index (χ3n) is 5.08. The van der Waals surface area contributed by atoms with E-state index in [-0.39, 0.29) is 59.6 Å². The largest absolute Gasteiger partial charge is 0.466 e. The van der Waals surface area contributed by atoms with E-state index in [1.165, 1.54) is 7.11 Å². The van der Waals surface area contributed by atoms with Gasteiger partial charge in [0.05, 0.1) is 37.8 Å². The molecule has 0 aromatic carbocycles. The van der Waals surface area contributed by atoms with Crippen LogP contribution >= 0.6 is 11.3 Å². The van der Waals surface area contributed by atoms with Gasteiger partial charge in [-0.15, -0.1) is 11.3 Å². The summed E-state index contributed by atoms with van der Waals surface area (Å²) in [6, 6.07) is 0. The van der Waals surface area contributed by atoms with E-state index in [4.69, 9.17) is 18.9 Å². The molecule has 33 heavy (non-hydrogen) atoms. The van der Waals surface area contributed by atoms with Crippen LogP contribution in [0.5, 0.6) is 0 Å². The first-order valence-corrected chi connectivity index (χ1v) is 11.8. The molecule has 11 heteroatoms. The van der Waals surface area contributed by atoms with Crippen molar-refractivity contribution in [1.29, 1.82) is 0 Å². The molecule has 0 radical (unpaired) electrons. The van der Waals surface area contributed by atoms with Crippen molar-refractivity contribution in [3.63, 3.8) is 0 Å². The normalized spacial score (nSPS) is 16.2. The Morgan fingerprint density at radius 2 is 1.79 bits per heavy atom. The summed E-state index contributed by atoms with van der Waals surface area (Å²) in [7, 11) is 1.49. The van der Waals surface area contributed by atoms with Gasteiger partial charge in [-0.3, -0.25) is 14.5 Å². The van der Waals surface area contributed by atoms with E-state index in [2.05, 4.69) is 5.32 Å². The minimum atomic E-state index is -0.627. The highest BCUT2D eigenvalue weighted by Crippen LogP contribution is 2.34. The Morgan fingerprint density at radius 1 is 1.06 bits per heavy atom. The molecule has 1 amide bonds. The van der Waals surface area contributed by atoms with E-state index < -0.39 is 11.9 Å². The lowest BCUT2D eigenvalue weighted by Gasteiger charge is -2.30. The quantitative estimate of drug-likeness (QED) is 0.286. The Balaban J connectivity index is 2.13. The lowest BCUT2D eigenvalue weighted by atomic mass is 9.98. The van der Waals surface area contributed by atoms with Gasteiger partial charge in [0.1, 0.15) is 16.5 Å². The molecule has 1 saturated heterocycles. The second-order valence-corrected chi connectivity index (χ2v) is 8.50. The zero-order valence-electron chi connectivity index (χ0n) is 19.6. The van der Waals surface area contributed by atoms with Gasteiger partial charge in [-0.05, 0) is 45.7 Å². The van der Waals surface area contributed by atoms with Gasteiger partial charge >= 0.3 is 17.9 Å². The summed E-state index contributed by atoms with van der Waals surface area (Å²) >= 11 is 0.968. The minimum Gasteiger partial charge on any atom is -0.466 e. The summed E-state index contributed by atoms with van der Waals surface area (Å²) in [6.45, 7) is 6.98. The fourth-order valence-corrected chi connectivity index (χ4v) is 4.65. The average Bonchev–Trinajstić information content (AvgIpc) is 3.10. The van der Waals surface area contributed by atoms with Crippen LogP contribution < -0.4 is 5.32 Å². The van der Waals surface area contributed by atoms with Gasteiger partial charge < -0.3 is 24.3 Å². The van der Waals surface area contributed by atoms with Crippen molar-refractivity contribution in [2.75, 3.05) is 58.5 Å². The summed E-state index contributed by atoms with van der Waals surface area (Å²) in [5.74, 6) is -2.10. The lowest BCUT2D eigenvalue weighted by molar-refractivity contribution is -0.150. The molecule has 1 aliphatic rings. The maximum atomic E-state index is 12.8. The van der Waals surface area contributed by atoms with Crippen LogP contribution in [-0.4, -0.2) is 81.9 Å². The van der Waals surface area contributed by atoms with Crippen LogP contribution in [0.25, 0.3) is 0 Å². The number of carbonyl (C=O) groups excluding carboxylic acids is 4. The number of methoxy groups -OCH3 is 1. The standard InChI is InChI=1S/C22H32N2O8S/c1-5-30-20(26)15-8-7-9-24(12-15)13-16(25)23-19-17(21(27)31-6-2)14(3)18(33-19)22(28)32-11-10-29-4/h15H,5-13H2,1-4H3,(H,23,25). The smallest absolute Gasteiger partial charge is 0.348 e. The number of nitrogens with zero attached hydrogens (tertiary/aromatic N) is 1. The molecule has 1 atom stereocenters. The zero-order valence-corrected chi connectivity index (χ0v) is 20.4. The fraction of sp³-hybridized carbons (Fsp3) is 0.636. The first-order valence-electron chi connectivity index (χ1n) is 11.0. The Morgan fingerprint density at radius 3 is 2.45 bits per heavy atom. The van der Waals surface area contributed by atoms with Crippen LogP contribution in [0.4, 0.5) is 5.00 Å². The third-order valence-corrected chi connectivity index (χ3v) is 6.27. The Hall–Kier alpha value is -2.50. The second kappa shape index (κ2) is 13.3. The van der Waals surface area contributed by atoms with E-state index >= 15 is 0 Å². The number of carbonyl (C=O) groups is 4. The number of hydrogen-bond acceptors (Lipinski definition) is 10. The molecule has 2 heterocycles. The van der Waals surface area contributed by atoms with Crippen molar-refractivity contribution in [2.45, 2.75) is 33.6 Å². The minimum absolute atomic E-state index is 0.0444. The summed E-state index contributed by atoms with van der Waals surface area (Å²) in [4.78, 5) is 51.9. The van der Waals surface area contributed by atoms with Crippen LogP contribution in [0, 0.1) is 12.8 Å². The molecule has 1 N–H and O–H groups in total. The van der Waals surface area contributed by atoms with E-state index in [1.54, 1.807) is 20.8 Å². The number of likely N-dealkylation sites (tertiary alicyclic amines) is 1. The van der Waals surface area contributed by atoms with Crippen molar-refractivity contribution < 1.29 is 38.1 Å². The monoisotopic (exact) mass is 484 g/mol. The molecule has 10 nitrogen and oxygen atoms in total. The second-order valence-electron chi connectivity index (χ2n) is 7.48. The predicted molar refractivity (Wildman–Crippen MR) is 122 cm³/mol. The maximum absolute atomic E-state index is 12.8. The molecule has 0 saturated carbocycles. The van der Waals surface area contributed by atoms with Crippen LogP contribution in [0.2, 0.25) is 0 Å². The molecule has 1 aromatic rings. The first kappa shape index (κ1) is 26.7. The van der Waals surface area contributed by atoms with E-state index in [9.17, 15) is 19.2 Å². The fourth-order valence-electron chi connectivity index (χ4n) is 3.55. The van der Waals surface area contributed by atoms with Gasteiger partial charge in [0.2, 0.25) is 5.91 Å². The number of rotatable bonds is 11. The van der Waals surface area contributed by atoms with Crippen LogP contribution in [-0.2, 0) is 28.5 Å². The van der Waals surface area contributed by atoms with Crippen LogP contribution in [0.1, 0.15) is 52.3 Å². The zero-order chi connectivity index (χ0) is 24.4. The van der Waals surface area contributed by atoms with Crippen LogP contribution in [0.15, 0.2) is 0 Å². The van der Waals surface area contributed by atoms with E-state index in [0.29, 0.717) is 25.3 Å². The van der Waals surface area contributed by atoms with Crippen molar-refractivity contribution in [2.24, 2.45) is 5.92 Å². The number of piperidine rings is 1. The number of amides is 1. The third kappa shape index (κ3) is 7.51. The van der Waals surface area contributed by atoms with E-state index in [1.807, 2.05) is 4.90 Å². The first-order chi connectivity index (χ1) is 15.8. The summed E-state index contributed by atoms with van der Waals surface area (Å²) in [5, 5.41) is 2.97. The molecule has 0 bridgehead atoms. The molecular weight excluding hydrogens is 452 g/mol. The summed E-state index contributed by atoms with van der Waals surface area (Å²) < 4.78 is 20.3. The number of nitrogens with one attached hydrogen (secondary N) is 1. The molecule has 2 rings (SSSR count). The topological polar surface area (TPSA) is 120 Å². The summed E-state index contributed by atoms with van der Waals surface area (Å²) in [6.07, 6.45) is 1.50. The van der Waals surface area contributed by atoms with Crippen molar-refractivity contribution in [3.05, 3.63) is 16.0 Å². The SMILES string of the molecule is CCOC(=O)c1c(NC(=O)CN2CCCC(C(=O)OCC)C2)sc(C(=O)OCCOC)c1C. The Labute approximate surface area is 197 Å². The molecule has 184 valence electrons. The number of esters is 3. The molecule has 1 fully saturated rings. The van der Waals surface area contributed by atoms with Crippen LogP contribution in [0.3, 0.4) is 0 Å². The van der Waals surface area contributed by atoms with Gasteiger partial charge in [0, 0.05) is 13.7 Å². The average molecular weight is 485 g/mol. The van der Waals surface area contributed by atoms with Gasteiger partial charge in [-0.25, -0.2) is 9.59 Å². The van der Waals surface area contributed by atoms with Crippen molar-refractivity contribution in [3.8, 4) is 0 Å². The maximum Gasteiger partial charge on any atom is 0.348 e. The number of thiophene rings is 1. The molecule has 0 spiro atoms. The number of ether oxygens (including phenoxy) is 4. The predicted octanol–water partition coefficient (Wildman–Crippen LogP) is 2.25. The van der Waals surface area contributed by atoms with Crippen molar-refractivity contribution in [1.82, 2.24) is 4.90 Å². The Kier molecular flexibility index (Phi) is 10.8. The summed E-state index contributed by atoms with van der Waals surface area (Å²) in [5.41, 5.74) is 0.522. The Bertz CT molecular complexity index is 854. The van der Waals surface area contributed by atoms with Gasteiger partial charge in [-0.2, -0.15) is 0 Å². The highest BCUT2D eigenvalue weighted by molar-refractivity contribution is 7.18. The van der Waals surface area contributed by atoms with Gasteiger partial charge in [0.25, 0.3) is 0 Å². The lowest BCUT2D eigenvalue weighted by Crippen LogP contribution is -2.43. The molecule has 1 unspecified atom stereocenters. The molecule has 1 aromatic heterocycles. The number of anilines is 1. The van der Waals surface area contributed by atoms with Gasteiger partial charge in [-0.1, -0.05) is 0 Å². The number of hydrogen-bond donors (Lipinski definition) is 1. The molecule has 1 aliphatic heterocycles. The highest BCUT2D eigenvalue weighted by atomic mass is 32.1. The van der Waals surface area contributed by atoms with Gasteiger partial charge in [0.15, 0.2) is 0 Å². The van der Waals surface area contributed by atoms with E-state index in [0.717, 1.165) is 24.2 Å². The molecule has 0 aliphatic carbocycles. The van der Waals surface area contributed by atoms with Crippen molar-refractivity contribution >= 4 is 40.2 Å². The molecular formula is C22H32N2O8S. The highest BCUT2D eigenvalue weighted by Gasteiger charge is 2.30.